The van der Waals surface area contributed by atoms with Gasteiger partial charge in [-0.2, -0.15) is 0 Å². The largest absolute Gasteiger partial charge is 0.306 e. The Hall–Kier alpha value is -0.0600. The maximum atomic E-state index is 6.32. The van der Waals surface area contributed by atoms with Crippen molar-refractivity contribution < 1.29 is 0 Å². The summed E-state index contributed by atoms with van der Waals surface area (Å²) in [5, 5.41) is 6.94. The van der Waals surface area contributed by atoms with Crippen LogP contribution < -0.4 is 5.32 Å². The van der Waals surface area contributed by atoms with Crippen molar-refractivity contribution >= 4 is 50.5 Å². The van der Waals surface area contributed by atoms with Gasteiger partial charge in [0.15, 0.2) is 0 Å². The summed E-state index contributed by atoms with van der Waals surface area (Å²) < 4.78 is 0.976. The van der Waals surface area contributed by atoms with Crippen LogP contribution in [0.4, 0.5) is 0 Å². The zero-order valence-electron chi connectivity index (χ0n) is 9.71. The lowest BCUT2D eigenvalue weighted by atomic mass is 10.1. The molecule has 0 spiro atoms. The second-order valence-electron chi connectivity index (χ2n) is 3.79. The van der Waals surface area contributed by atoms with E-state index in [9.17, 15) is 0 Å². The minimum absolute atomic E-state index is 0.0445. The monoisotopic (exact) mass is 363 g/mol. The molecule has 1 N–H and O–H groups in total. The van der Waals surface area contributed by atoms with Crippen LogP contribution >= 0.6 is 50.5 Å². The molecule has 2 rings (SSSR count). The van der Waals surface area contributed by atoms with Crippen LogP contribution in [-0.2, 0) is 0 Å². The minimum atomic E-state index is 0.0445. The van der Waals surface area contributed by atoms with Gasteiger partial charge in [0.25, 0.3) is 0 Å². The lowest BCUT2D eigenvalue weighted by Crippen LogP contribution is -2.21. The summed E-state index contributed by atoms with van der Waals surface area (Å²) in [6.07, 6.45) is 0. The first-order valence-electron chi connectivity index (χ1n) is 5.54. The van der Waals surface area contributed by atoms with Crippen molar-refractivity contribution in [2.24, 2.45) is 0 Å². The maximum Gasteiger partial charge on any atom is 0.0700 e. The van der Waals surface area contributed by atoms with Gasteiger partial charge >= 0.3 is 0 Å². The first-order valence-corrected chi connectivity index (χ1v) is 7.97. The van der Waals surface area contributed by atoms with Gasteiger partial charge in [0.05, 0.1) is 11.1 Å². The van der Waals surface area contributed by atoms with Gasteiger partial charge in [0, 0.05) is 14.4 Å². The van der Waals surface area contributed by atoms with Gasteiger partial charge in [-0.1, -0.05) is 52.1 Å². The summed E-state index contributed by atoms with van der Waals surface area (Å²) in [5.41, 5.74) is 1.05. The predicted molar refractivity (Wildman–Crippen MR) is 84.0 cm³/mol. The molecule has 0 amide bonds. The Kier molecular flexibility index (Phi) is 5.10. The van der Waals surface area contributed by atoms with E-state index >= 15 is 0 Å². The number of halogens is 3. The fourth-order valence-electron chi connectivity index (χ4n) is 1.80. The average Bonchev–Trinajstić information content (AvgIpc) is 2.73. The molecule has 18 heavy (non-hydrogen) atoms. The lowest BCUT2D eigenvalue weighted by Gasteiger charge is -2.19. The van der Waals surface area contributed by atoms with Crippen LogP contribution in [0.2, 0.25) is 10.0 Å². The molecule has 1 aromatic heterocycles. The third-order valence-electron chi connectivity index (χ3n) is 2.59. The molecule has 2 aromatic rings. The van der Waals surface area contributed by atoms with Crippen LogP contribution in [0.1, 0.15) is 23.4 Å². The highest BCUT2D eigenvalue weighted by Gasteiger charge is 2.19. The summed E-state index contributed by atoms with van der Waals surface area (Å²) in [7, 11) is 0. The van der Waals surface area contributed by atoms with Gasteiger partial charge in [0.2, 0.25) is 0 Å². The SMILES string of the molecule is CCNC(c1ccc(Br)cc1Cl)c1sccc1Cl. The molecular weight excluding hydrogens is 353 g/mol. The maximum absolute atomic E-state index is 6.32. The standard InChI is InChI=1S/C13H12BrCl2NS/c1-2-17-12(13-10(15)5-6-18-13)9-4-3-8(14)7-11(9)16/h3-7,12,17H,2H2,1H3. The number of hydrogen-bond donors (Lipinski definition) is 1. The van der Waals surface area contributed by atoms with Gasteiger partial charge < -0.3 is 5.32 Å². The Morgan fingerprint density at radius 3 is 2.61 bits per heavy atom. The van der Waals surface area contributed by atoms with E-state index in [0.29, 0.717) is 0 Å². The minimum Gasteiger partial charge on any atom is -0.306 e. The Morgan fingerprint density at radius 1 is 1.28 bits per heavy atom. The Bertz CT molecular complexity index is 542. The van der Waals surface area contributed by atoms with E-state index in [0.717, 1.165) is 31.5 Å². The Labute approximate surface area is 129 Å². The van der Waals surface area contributed by atoms with Gasteiger partial charge in [-0.3, -0.25) is 0 Å². The molecule has 1 aromatic carbocycles. The molecule has 0 bridgehead atoms. The van der Waals surface area contributed by atoms with Crippen molar-refractivity contribution in [3.8, 4) is 0 Å². The molecule has 96 valence electrons. The summed E-state index contributed by atoms with van der Waals surface area (Å²) >= 11 is 17.6. The summed E-state index contributed by atoms with van der Waals surface area (Å²) in [5.74, 6) is 0. The normalized spacial score (nSPS) is 12.7. The van der Waals surface area contributed by atoms with Crippen LogP contribution in [0, 0.1) is 0 Å². The van der Waals surface area contributed by atoms with Crippen molar-refractivity contribution in [1.29, 1.82) is 0 Å². The average molecular weight is 365 g/mol. The highest BCUT2D eigenvalue weighted by molar-refractivity contribution is 9.10. The van der Waals surface area contributed by atoms with E-state index in [1.54, 1.807) is 11.3 Å². The Morgan fingerprint density at radius 2 is 2.06 bits per heavy atom. The molecular formula is C13H12BrCl2NS. The molecule has 1 nitrogen and oxygen atoms in total. The van der Waals surface area contributed by atoms with Gasteiger partial charge in [-0.15, -0.1) is 11.3 Å². The summed E-state index contributed by atoms with van der Waals surface area (Å²) in [6, 6.07) is 7.88. The van der Waals surface area contributed by atoms with Crippen LogP contribution in [-0.4, -0.2) is 6.54 Å². The highest BCUT2D eigenvalue weighted by Crippen LogP contribution is 2.36. The first kappa shape index (κ1) is 14.4. The number of rotatable bonds is 4. The van der Waals surface area contributed by atoms with Crippen molar-refractivity contribution in [2.75, 3.05) is 6.54 Å². The third-order valence-corrected chi connectivity index (χ3v) is 4.83. The molecule has 0 aliphatic carbocycles. The van der Waals surface area contributed by atoms with E-state index in [4.69, 9.17) is 23.2 Å². The Balaban J connectivity index is 2.45. The van der Waals surface area contributed by atoms with E-state index in [2.05, 4.69) is 28.2 Å². The third kappa shape index (κ3) is 3.09. The second-order valence-corrected chi connectivity index (χ2v) is 6.47. The van der Waals surface area contributed by atoms with Gasteiger partial charge in [-0.05, 0) is 35.7 Å². The summed E-state index contributed by atoms with van der Waals surface area (Å²) in [4.78, 5) is 1.10. The van der Waals surface area contributed by atoms with Crippen LogP contribution in [0.3, 0.4) is 0 Å². The van der Waals surface area contributed by atoms with Crippen LogP contribution in [0.15, 0.2) is 34.1 Å². The van der Waals surface area contributed by atoms with Crippen LogP contribution in [0.25, 0.3) is 0 Å². The summed E-state index contributed by atoms with van der Waals surface area (Å²) in [6.45, 7) is 2.92. The van der Waals surface area contributed by atoms with Gasteiger partial charge in [-0.25, -0.2) is 0 Å². The van der Waals surface area contributed by atoms with Crippen molar-refractivity contribution in [3.63, 3.8) is 0 Å². The molecule has 0 saturated carbocycles. The molecule has 0 aliphatic rings. The zero-order valence-corrected chi connectivity index (χ0v) is 13.6. The van der Waals surface area contributed by atoms with Crippen molar-refractivity contribution in [1.82, 2.24) is 5.32 Å². The zero-order chi connectivity index (χ0) is 13.1. The first-order chi connectivity index (χ1) is 8.63. The van der Waals surface area contributed by atoms with Crippen LogP contribution in [0.5, 0.6) is 0 Å². The second kappa shape index (κ2) is 6.40. The van der Waals surface area contributed by atoms with Gasteiger partial charge in [0.1, 0.15) is 0 Å². The fraction of sp³-hybridized carbons (Fsp3) is 0.231. The molecule has 0 fully saturated rings. The molecule has 0 radical (unpaired) electrons. The van der Waals surface area contributed by atoms with E-state index in [1.165, 1.54) is 0 Å². The molecule has 1 heterocycles. The lowest BCUT2D eigenvalue weighted by molar-refractivity contribution is 0.640. The number of benzene rings is 1. The molecule has 0 aliphatic heterocycles. The smallest absolute Gasteiger partial charge is 0.0700 e. The molecule has 0 saturated heterocycles. The highest BCUT2D eigenvalue weighted by atomic mass is 79.9. The van der Waals surface area contributed by atoms with Crippen molar-refractivity contribution in [2.45, 2.75) is 13.0 Å². The number of hydrogen-bond acceptors (Lipinski definition) is 2. The van der Waals surface area contributed by atoms with E-state index < -0.39 is 0 Å². The molecule has 5 heteroatoms. The predicted octanol–water partition coefficient (Wildman–Crippen LogP) is 5.52. The topological polar surface area (TPSA) is 12.0 Å². The fourth-order valence-corrected chi connectivity index (χ4v) is 3.84. The number of thiophene rings is 1. The van der Waals surface area contributed by atoms with E-state index in [1.807, 2.05) is 29.6 Å². The molecule has 1 unspecified atom stereocenters. The molecule has 1 atom stereocenters. The quantitative estimate of drug-likeness (QED) is 0.753. The number of nitrogens with one attached hydrogen (secondary N) is 1. The van der Waals surface area contributed by atoms with E-state index in [-0.39, 0.29) is 6.04 Å². The van der Waals surface area contributed by atoms with Crippen molar-refractivity contribution in [3.05, 3.63) is 54.6 Å².